The zero-order valence-corrected chi connectivity index (χ0v) is 28.3. The van der Waals surface area contributed by atoms with Gasteiger partial charge in [-0.3, -0.25) is 9.59 Å². The van der Waals surface area contributed by atoms with Crippen molar-refractivity contribution in [3.05, 3.63) is 0 Å². The van der Waals surface area contributed by atoms with E-state index >= 15 is 0 Å². The summed E-state index contributed by atoms with van der Waals surface area (Å²) in [5.74, 6) is 0.667. The second kappa shape index (κ2) is 24.6. The quantitative estimate of drug-likeness (QED) is 0.0631. The Morgan fingerprint density at radius 3 is 1.23 bits per heavy atom. The van der Waals surface area contributed by atoms with Crippen molar-refractivity contribution in [2.75, 3.05) is 0 Å². The van der Waals surface area contributed by atoms with E-state index < -0.39 is 5.60 Å². The van der Waals surface area contributed by atoms with Crippen molar-refractivity contribution >= 4 is 35.5 Å². The van der Waals surface area contributed by atoms with Crippen molar-refractivity contribution in [2.45, 2.75) is 181 Å². The van der Waals surface area contributed by atoms with Gasteiger partial charge in [-0.1, -0.05) is 144 Å². The number of rotatable bonds is 28. The van der Waals surface area contributed by atoms with E-state index in [0.717, 1.165) is 57.8 Å². The number of hydrogen-bond donors (Lipinski definition) is 3. The van der Waals surface area contributed by atoms with Gasteiger partial charge in [-0.05, 0) is 42.9 Å². The predicted molar refractivity (Wildman–Crippen MR) is 177 cm³/mol. The highest BCUT2D eigenvalue weighted by Gasteiger charge is 2.45. The number of unbranched alkanes of at least 4 members (excludes halogenated alkanes) is 8. The second-order valence-corrected chi connectivity index (χ2v) is 13.5. The van der Waals surface area contributed by atoms with Gasteiger partial charge >= 0.3 is 0 Å². The predicted octanol–water partition coefficient (Wildman–Crippen LogP) is 10.8. The van der Waals surface area contributed by atoms with Gasteiger partial charge in [0.15, 0.2) is 10.2 Å². The SMILES string of the molecule is CCCCCCC(CCCC)CC(CC(=O)S)C(O)(CCC)C(CC(=O)S)CC(CCCC)CCCCCC. The molecule has 0 fully saturated rings. The minimum Gasteiger partial charge on any atom is -0.389 e. The van der Waals surface area contributed by atoms with Crippen molar-refractivity contribution in [1.29, 1.82) is 0 Å². The molecule has 0 aliphatic carbocycles. The molecule has 0 bridgehead atoms. The summed E-state index contributed by atoms with van der Waals surface area (Å²) in [4.78, 5) is 25.0. The van der Waals surface area contributed by atoms with E-state index in [4.69, 9.17) is 0 Å². The molecule has 3 nitrogen and oxygen atoms in total. The first-order valence-electron chi connectivity index (χ1n) is 16.8. The Morgan fingerprint density at radius 1 is 0.564 bits per heavy atom. The Morgan fingerprint density at radius 2 is 0.923 bits per heavy atom. The summed E-state index contributed by atoms with van der Waals surface area (Å²) in [7, 11) is 0. The lowest BCUT2D eigenvalue weighted by molar-refractivity contribution is -0.127. The lowest BCUT2D eigenvalue weighted by atomic mass is 9.65. The van der Waals surface area contributed by atoms with E-state index in [2.05, 4.69) is 59.9 Å². The van der Waals surface area contributed by atoms with Crippen molar-refractivity contribution < 1.29 is 14.7 Å². The van der Waals surface area contributed by atoms with Gasteiger partial charge in [0, 0.05) is 12.8 Å². The smallest absolute Gasteiger partial charge is 0.186 e. The first-order chi connectivity index (χ1) is 18.7. The minimum absolute atomic E-state index is 0.146. The van der Waals surface area contributed by atoms with Crippen LogP contribution >= 0.6 is 25.3 Å². The molecule has 0 saturated carbocycles. The molecule has 4 atom stereocenters. The summed E-state index contributed by atoms with van der Waals surface area (Å²) in [5.41, 5.74) is -1.05. The molecule has 1 N–H and O–H groups in total. The lowest BCUT2D eigenvalue weighted by Crippen LogP contribution is -2.48. The molecule has 5 heteroatoms. The van der Waals surface area contributed by atoms with Gasteiger partial charge < -0.3 is 5.11 Å². The molecule has 39 heavy (non-hydrogen) atoms. The molecule has 0 heterocycles. The molecule has 0 aromatic heterocycles. The molecule has 0 saturated heterocycles. The number of aliphatic hydroxyl groups is 1. The Hall–Kier alpha value is -0.000000000000000111. The highest BCUT2D eigenvalue weighted by Crippen LogP contribution is 2.44. The Kier molecular flexibility index (Phi) is 24.6. The third kappa shape index (κ3) is 18.2. The molecular formula is C34H66O3S2. The molecule has 0 aliphatic heterocycles. The van der Waals surface area contributed by atoms with Crippen molar-refractivity contribution in [2.24, 2.45) is 23.7 Å². The minimum atomic E-state index is -1.05. The third-order valence-electron chi connectivity index (χ3n) is 9.01. The highest BCUT2D eigenvalue weighted by atomic mass is 32.1. The monoisotopic (exact) mass is 586 g/mol. The number of carbonyl (C=O) groups is 2. The van der Waals surface area contributed by atoms with Crippen LogP contribution in [0.4, 0.5) is 0 Å². The van der Waals surface area contributed by atoms with Crippen LogP contribution in [0.5, 0.6) is 0 Å². The maximum atomic E-state index is 12.6. The van der Waals surface area contributed by atoms with Crippen molar-refractivity contribution in [3.63, 3.8) is 0 Å². The van der Waals surface area contributed by atoms with Crippen LogP contribution in [-0.2, 0) is 9.59 Å². The second-order valence-electron chi connectivity index (χ2n) is 12.5. The molecule has 0 rings (SSSR count). The summed E-state index contributed by atoms with van der Waals surface area (Å²) in [5, 5.41) is 12.3. The first-order valence-corrected chi connectivity index (χ1v) is 17.7. The van der Waals surface area contributed by atoms with Crippen LogP contribution in [0.25, 0.3) is 0 Å². The van der Waals surface area contributed by atoms with E-state index in [0.29, 0.717) is 18.3 Å². The molecule has 0 aliphatic rings. The van der Waals surface area contributed by atoms with E-state index in [-0.39, 0.29) is 34.9 Å². The topological polar surface area (TPSA) is 54.4 Å². The van der Waals surface area contributed by atoms with Crippen LogP contribution in [0.15, 0.2) is 0 Å². The van der Waals surface area contributed by atoms with Gasteiger partial charge in [0.1, 0.15) is 0 Å². The molecule has 232 valence electrons. The van der Waals surface area contributed by atoms with Crippen LogP contribution in [-0.4, -0.2) is 20.9 Å². The van der Waals surface area contributed by atoms with Crippen LogP contribution in [0.3, 0.4) is 0 Å². The normalized spacial score (nSPS) is 16.4. The van der Waals surface area contributed by atoms with Gasteiger partial charge in [0.25, 0.3) is 0 Å². The van der Waals surface area contributed by atoms with Gasteiger partial charge in [-0.2, -0.15) is 0 Å². The molecular weight excluding hydrogens is 521 g/mol. The Bertz CT molecular complexity index is 563. The molecule has 0 amide bonds. The maximum Gasteiger partial charge on any atom is 0.186 e. The Labute approximate surface area is 254 Å². The maximum absolute atomic E-state index is 12.6. The summed E-state index contributed by atoms with van der Waals surface area (Å²) < 4.78 is 0. The fraction of sp³-hybridized carbons (Fsp3) is 0.941. The molecule has 4 unspecified atom stereocenters. The molecule has 0 spiro atoms. The lowest BCUT2D eigenvalue weighted by Gasteiger charge is -2.44. The zero-order valence-electron chi connectivity index (χ0n) is 26.5. The van der Waals surface area contributed by atoms with E-state index in [1.54, 1.807) is 0 Å². The third-order valence-corrected chi connectivity index (χ3v) is 9.37. The van der Waals surface area contributed by atoms with Gasteiger partial charge in [-0.15, -0.1) is 25.3 Å². The summed E-state index contributed by atoms with van der Waals surface area (Å²) in [6, 6.07) is 0. The fourth-order valence-corrected chi connectivity index (χ4v) is 7.20. The fourth-order valence-electron chi connectivity index (χ4n) is 6.76. The molecule has 0 radical (unpaired) electrons. The van der Waals surface area contributed by atoms with Gasteiger partial charge in [0.05, 0.1) is 5.60 Å². The van der Waals surface area contributed by atoms with E-state index in [9.17, 15) is 14.7 Å². The molecule has 0 aromatic rings. The Balaban J connectivity index is 6.15. The summed E-state index contributed by atoms with van der Waals surface area (Å²) >= 11 is 8.43. The van der Waals surface area contributed by atoms with Crippen LogP contribution < -0.4 is 0 Å². The van der Waals surface area contributed by atoms with E-state index in [1.807, 2.05) is 0 Å². The average Bonchev–Trinajstić information content (AvgIpc) is 2.88. The van der Waals surface area contributed by atoms with Crippen molar-refractivity contribution in [1.82, 2.24) is 0 Å². The largest absolute Gasteiger partial charge is 0.389 e. The van der Waals surface area contributed by atoms with Gasteiger partial charge in [-0.25, -0.2) is 0 Å². The van der Waals surface area contributed by atoms with E-state index in [1.165, 1.54) is 64.2 Å². The number of hydrogen-bond acceptors (Lipinski definition) is 3. The molecule has 0 aromatic carbocycles. The van der Waals surface area contributed by atoms with Crippen molar-refractivity contribution in [3.8, 4) is 0 Å². The van der Waals surface area contributed by atoms with Crippen LogP contribution in [0.1, 0.15) is 176 Å². The number of thiol groups is 2. The van der Waals surface area contributed by atoms with Crippen LogP contribution in [0.2, 0.25) is 0 Å². The van der Waals surface area contributed by atoms with Gasteiger partial charge in [0.2, 0.25) is 0 Å². The summed E-state index contributed by atoms with van der Waals surface area (Å²) in [6.45, 7) is 11.1. The standard InChI is InChI=1S/C34H66O3S2/c1-6-11-15-17-21-28(19-13-8-3)24-30(26-32(35)38)34(37,23-10-5)31(27-33(36)39)25-29(20-14-9-4)22-18-16-12-7-2/h28-31,37H,6-27H2,1-5H3,(H,35,38)(H,36,39). The average molecular weight is 587 g/mol. The first kappa shape index (κ1) is 39.0. The number of carbonyl (C=O) groups excluding carboxylic acids is 2. The zero-order chi connectivity index (χ0) is 29.5. The summed E-state index contributed by atoms with van der Waals surface area (Å²) in [6.07, 6.45) is 22.9. The van der Waals surface area contributed by atoms with Crippen LogP contribution in [0, 0.1) is 23.7 Å². The highest BCUT2D eigenvalue weighted by molar-refractivity contribution is 7.96.